The number of primary amides is 1. The molecule has 0 heterocycles. The van der Waals surface area contributed by atoms with E-state index in [0.29, 0.717) is 11.3 Å². The summed E-state index contributed by atoms with van der Waals surface area (Å²) in [4.78, 5) is 11.3. The Morgan fingerprint density at radius 1 is 1.06 bits per heavy atom. The van der Waals surface area contributed by atoms with Crippen molar-refractivity contribution in [3.8, 4) is 11.1 Å². The van der Waals surface area contributed by atoms with Crippen LogP contribution in [0.15, 0.2) is 42.5 Å². The number of amides is 1. The largest absolute Gasteiger partial charge is 0.398 e. The molecule has 0 radical (unpaired) electrons. The molecule has 0 saturated heterocycles. The van der Waals surface area contributed by atoms with Crippen LogP contribution in [0.4, 0.5) is 5.69 Å². The molecule has 17 heavy (non-hydrogen) atoms. The minimum absolute atomic E-state index is 0.452. The summed E-state index contributed by atoms with van der Waals surface area (Å²) < 4.78 is 0. The number of nitrogens with two attached hydrogens (primary N) is 2. The third kappa shape index (κ3) is 2.13. The molecule has 0 aliphatic heterocycles. The SMILES string of the molecule is Cc1c(N)cc(-c2ccccc2)cc1C(N)=O. The maximum Gasteiger partial charge on any atom is 0.249 e. The fourth-order valence-electron chi connectivity index (χ4n) is 1.79. The van der Waals surface area contributed by atoms with E-state index in [9.17, 15) is 4.79 Å². The Hall–Kier alpha value is -2.29. The van der Waals surface area contributed by atoms with E-state index in [-0.39, 0.29) is 0 Å². The predicted molar refractivity (Wildman–Crippen MR) is 69.5 cm³/mol. The molecule has 2 aromatic rings. The summed E-state index contributed by atoms with van der Waals surface area (Å²) in [5, 5.41) is 0. The summed E-state index contributed by atoms with van der Waals surface area (Å²) in [6.45, 7) is 1.80. The van der Waals surface area contributed by atoms with Crippen LogP contribution in [0.2, 0.25) is 0 Å². The molecule has 0 atom stereocenters. The number of hydrogen-bond donors (Lipinski definition) is 2. The van der Waals surface area contributed by atoms with Crippen molar-refractivity contribution in [1.82, 2.24) is 0 Å². The van der Waals surface area contributed by atoms with E-state index in [1.165, 1.54) is 0 Å². The molecule has 2 rings (SSSR count). The first-order valence-electron chi connectivity index (χ1n) is 5.35. The van der Waals surface area contributed by atoms with Crippen molar-refractivity contribution in [3.05, 3.63) is 53.6 Å². The van der Waals surface area contributed by atoms with Gasteiger partial charge >= 0.3 is 0 Å². The summed E-state index contributed by atoms with van der Waals surface area (Å²) in [7, 11) is 0. The Morgan fingerprint density at radius 3 is 2.29 bits per heavy atom. The fourth-order valence-corrected chi connectivity index (χ4v) is 1.79. The highest BCUT2D eigenvalue weighted by Gasteiger charge is 2.10. The Morgan fingerprint density at radius 2 is 1.71 bits per heavy atom. The van der Waals surface area contributed by atoms with Gasteiger partial charge in [0.25, 0.3) is 0 Å². The number of carbonyl (C=O) groups excluding carboxylic acids is 1. The van der Waals surface area contributed by atoms with Crippen molar-refractivity contribution >= 4 is 11.6 Å². The Bertz CT molecular complexity index is 562. The van der Waals surface area contributed by atoms with Crippen LogP contribution in [-0.4, -0.2) is 5.91 Å². The third-order valence-electron chi connectivity index (χ3n) is 2.82. The van der Waals surface area contributed by atoms with Crippen molar-refractivity contribution < 1.29 is 4.79 Å². The summed E-state index contributed by atoms with van der Waals surface area (Å²) >= 11 is 0. The van der Waals surface area contributed by atoms with E-state index in [2.05, 4.69) is 0 Å². The molecular formula is C14H14N2O. The van der Waals surface area contributed by atoms with Gasteiger partial charge in [0.1, 0.15) is 0 Å². The average molecular weight is 226 g/mol. The average Bonchev–Trinajstić information content (AvgIpc) is 2.33. The van der Waals surface area contributed by atoms with Crippen molar-refractivity contribution in [1.29, 1.82) is 0 Å². The highest BCUT2D eigenvalue weighted by atomic mass is 16.1. The van der Waals surface area contributed by atoms with Crippen LogP contribution in [-0.2, 0) is 0 Å². The van der Waals surface area contributed by atoms with Gasteiger partial charge in [-0.1, -0.05) is 30.3 Å². The van der Waals surface area contributed by atoms with Crippen LogP contribution in [0.3, 0.4) is 0 Å². The van der Waals surface area contributed by atoms with Crippen molar-refractivity contribution in [3.63, 3.8) is 0 Å². The van der Waals surface area contributed by atoms with Crippen LogP contribution in [0.1, 0.15) is 15.9 Å². The van der Waals surface area contributed by atoms with E-state index in [1.807, 2.05) is 36.4 Å². The van der Waals surface area contributed by atoms with Crippen molar-refractivity contribution in [2.75, 3.05) is 5.73 Å². The second-order valence-electron chi connectivity index (χ2n) is 3.97. The lowest BCUT2D eigenvalue weighted by Gasteiger charge is -2.09. The van der Waals surface area contributed by atoms with E-state index < -0.39 is 5.91 Å². The molecule has 0 bridgehead atoms. The van der Waals surface area contributed by atoms with Gasteiger partial charge in [0, 0.05) is 11.3 Å². The maximum atomic E-state index is 11.3. The van der Waals surface area contributed by atoms with E-state index >= 15 is 0 Å². The van der Waals surface area contributed by atoms with Gasteiger partial charge in [-0.15, -0.1) is 0 Å². The second-order valence-corrected chi connectivity index (χ2v) is 3.97. The summed E-state index contributed by atoms with van der Waals surface area (Å²) in [6, 6.07) is 13.4. The van der Waals surface area contributed by atoms with Gasteiger partial charge < -0.3 is 11.5 Å². The monoisotopic (exact) mass is 226 g/mol. The molecule has 0 fully saturated rings. The van der Waals surface area contributed by atoms with Crippen LogP contribution < -0.4 is 11.5 Å². The predicted octanol–water partition coefficient (Wildman–Crippen LogP) is 2.34. The van der Waals surface area contributed by atoms with Gasteiger partial charge in [-0.25, -0.2) is 0 Å². The number of carbonyl (C=O) groups is 1. The molecule has 0 aromatic heterocycles. The normalized spacial score (nSPS) is 10.2. The van der Waals surface area contributed by atoms with E-state index in [0.717, 1.165) is 16.7 Å². The zero-order valence-corrected chi connectivity index (χ0v) is 9.60. The van der Waals surface area contributed by atoms with Crippen molar-refractivity contribution in [2.24, 2.45) is 5.73 Å². The Labute approximate surface area is 100 Å². The van der Waals surface area contributed by atoms with Gasteiger partial charge in [-0.05, 0) is 35.7 Å². The van der Waals surface area contributed by atoms with Gasteiger partial charge in [0.15, 0.2) is 0 Å². The quantitative estimate of drug-likeness (QED) is 0.772. The van der Waals surface area contributed by atoms with Crippen LogP contribution in [0.25, 0.3) is 11.1 Å². The number of nitrogen functional groups attached to an aromatic ring is 1. The zero-order valence-electron chi connectivity index (χ0n) is 9.60. The van der Waals surface area contributed by atoms with E-state index in [4.69, 9.17) is 11.5 Å². The molecule has 0 spiro atoms. The minimum Gasteiger partial charge on any atom is -0.398 e. The molecule has 3 nitrogen and oxygen atoms in total. The molecule has 1 amide bonds. The molecule has 0 saturated carbocycles. The van der Waals surface area contributed by atoms with Gasteiger partial charge in [-0.2, -0.15) is 0 Å². The first-order valence-corrected chi connectivity index (χ1v) is 5.35. The summed E-state index contributed by atoms with van der Waals surface area (Å²) in [6.07, 6.45) is 0. The molecule has 4 N–H and O–H groups in total. The molecule has 86 valence electrons. The first kappa shape index (κ1) is 11.2. The smallest absolute Gasteiger partial charge is 0.249 e. The fraction of sp³-hybridized carbons (Fsp3) is 0.0714. The number of rotatable bonds is 2. The molecule has 0 aliphatic carbocycles. The standard InChI is InChI=1S/C14H14N2O/c1-9-12(14(16)17)7-11(8-13(9)15)10-5-3-2-4-6-10/h2-8H,15H2,1H3,(H2,16,17). The van der Waals surface area contributed by atoms with Crippen LogP contribution in [0, 0.1) is 6.92 Å². The van der Waals surface area contributed by atoms with Crippen LogP contribution >= 0.6 is 0 Å². The molecule has 3 heteroatoms. The lowest BCUT2D eigenvalue weighted by atomic mass is 9.98. The molecule has 0 aliphatic rings. The van der Waals surface area contributed by atoms with Gasteiger partial charge in [0.05, 0.1) is 0 Å². The lowest BCUT2D eigenvalue weighted by Crippen LogP contribution is -2.13. The maximum absolute atomic E-state index is 11.3. The summed E-state index contributed by atoms with van der Waals surface area (Å²) in [5.41, 5.74) is 14.9. The second kappa shape index (κ2) is 4.29. The number of benzene rings is 2. The minimum atomic E-state index is -0.452. The molecule has 0 unspecified atom stereocenters. The highest BCUT2D eigenvalue weighted by molar-refractivity contribution is 5.97. The van der Waals surface area contributed by atoms with Gasteiger partial charge in [0.2, 0.25) is 5.91 Å². The number of anilines is 1. The van der Waals surface area contributed by atoms with Gasteiger partial charge in [-0.3, -0.25) is 4.79 Å². The van der Waals surface area contributed by atoms with Crippen LogP contribution in [0.5, 0.6) is 0 Å². The van der Waals surface area contributed by atoms with E-state index in [1.54, 1.807) is 13.0 Å². The zero-order chi connectivity index (χ0) is 12.4. The van der Waals surface area contributed by atoms with Crippen molar-refractivity contribution in [2.45, 2.75) is 6.92 Å². The Balaban J connectivity index is 2.61. The molecule has 2 aromatic carbocycles. The molecular weight excluding hydrogens is 212 g/mol. The summed E-state index contributed by atoms with van der Waals surface area (Å²) in [5.74, 6) is -0.452. The highest BCUT2D eigenvalue weighted by Crippen LogP contribution is 2.26. The lowest BCUT2D eigenvalue weighted by molar-refractivity contribution is 0.1000. The Kier molecular flexibility index (Phi) is 2.83. The topological polar surface area (TPSA) is 69.1 Å². The number of hydrogen-bond acceptors (Lipinski definition) is 2. The third-order valence-corrected chi connectivity index (χ3v) is 2.82. The first-order chi connectivity index (χ1) is 8.09.